The molecule has 0 atom stereocenters. The first-order valence-electron chi connectivity index (χ1n) is 7.24. The van der Waals surface area contributed by atoms with Crippen molar-refractivity contribution >= 4 is 0 Å². The van der Waals surface area contributed by atoms with Crippen molar-refractivity contribution in [3.05, 3.63) is 59.2 Å². The number of benzene rings is 2. The maximum absolute atomic E-state index is 14.3. The molecule has 2 nitrogen and oxygen atoms in total. The molecule has 4 heteroatoms. The molecule has 0 bridgehead atoms. The Balaban J connectivity index is 2.62. The number of rotatable bonds is 5. The van der Waals surface area contributed by atoms with E-state index in [4.69, 9.17) is 0 Å². The fourth-order valence-electron chi connectivity index (χ4n) is 2.58. The molecule has 0 N–H and O–H groups in total. The molecule has 0 aliphatic rings. The summed E-state index contributed by atoms with van der Waals surface area (Å²) in [6.45, 7) is 0.944. The highest BCUT2D eigenvalue weighted by Crippen LogP contribution is 2.31. The summed E-state index contributed by atoms with van der Waals surface area (Å²) in [5.41, 5.74) is 2.70. The van der Waals surface area contributed by atoms with Gasteiger partial charge in [0.25, 0.3) is 0 Å². The molecule has 0 fully saturated rings. The van der Waals surface area contributed by atoms with Gasteiger partial charge >= 0.3 is 0 Å². The van der Waals surface area contributed by atoms with Crippen LogP contribution in [0, 0.1) is 11.6 Å². The Morgan fingerprint density at radius 3 is 1.36 bits per heavy atom. The Labute approximate surface area is 131 Å². The summed E-state index contributed by atoms with van der Waals surface area (Å²) in [4.78, 5) is 3.82. The van der Waals surface area contributed by atoms with Crippen molar-refractivity contribution < 1.29 is 8.78 Å². The molecule has 0 radical (unpaired) electrons. The third kappa shape index (κ3) is 3.70. The minimum atomic E-state index is -0.258. The van der Waals surface area contributed by atoms with E-state index in [0.717, 1.165) is 11.1 Å². The van der Waals surface area contributed by atoms with E-state index in [1.165, 1.54) is 12.1 Å². The van der Waals surface area contributed by atoms with Crippen LogP contribution in [-0.4, -0.2) is 38.0 Å². The quantitative estimate of drug-likeness (QED) is 0.830. The summed E-state index contributed by atoms with van der Waals surface area (Å²) in [7, 11) is 7.57. The predicted octanol–water partition coefficient (Wildman–Crippen LogP) is 3.76. The van der Waals surface area contributed by atoms with Gasteiger partial charge in [-0.05, 0) is 51.5 Å². The van der Waals surface area contributed by atoms with Crippen molar-refractivity contribution in [2.75, 3.05) is 28.2 Å². The van der Waals surface area contributed by atoms with Gasteiger partial charge in [0.05, 0.1) is 0 Å². The van der Waals surface area contributed by atoms with Crippen LogP contribution in [0.5, 0.6) is 0 Å². The SMILES string of the molecule is CN(C)Cc1c(F)cccc1-c1cccc(F)c1CN(C)C. The third-order valence-corrected chi connectivity index (χ3v) is 3.48. The summed E-state index contributed by atoms with van der Waals surface area (Å²) < 4.78 is 28.5. The molecule has 0 unspecified atom stereocenters. The van der Waals surface area contributed by atoms with Crippen LogP contribution in [0.2, 0.25) is 0 Å². The van der Waals surface area contributed by atoms with E-state index in [1.54, 1.807) is 12.1 Å². The second-order valence-corrected chi connectivity index (χ2v) is 6.01. The van der Waals surface area contributed by atoms with E-state index in [2.05, 4.69) is 0 Å². The second-order valence-electron chi connectivity index (χ2n) is 6.01. The van der Waals surface area contributed by atoms with Gasteiger partial charge in [-0.1, -0.05) is 24.3 Å². The summed E-state index contributed by atoms with van der Waals surface area (Å²) in [5.74, 6) is -0.516. The van der Waals surface area contributed by atoms with Gasteiger partial charge in [0.2, 0.25) is 0 Å². The zero-order chi connectivity index (χ0) is 16.3. The zero-order valence-electron chi connectivity index (χ0n) is 13.5. The van der Waals surface area contributed by atoms with E-state index in [-0.39, 0.29) is 11.6 Å². The molecule has 0 amide bonds. The molecule has 2 aromatic carbocycles. The highest BCUT2D eigenvalue weighted by Gasteiger charge is 2.16. The van der Waals surface area contributed by atoms with E-state index < -0.39 is 0 Å². The number of nitrogens with zero attached hydrogens (tertiary/aromatic N) is 2. The molecular weight excluding hydrogens is 282 g/mol. The van der Waals surface area contributed by atoms with Crippen LogP contribution in [0.3, 0.4) is 0 Å². The maximum Gasteiger partial charge on any atom is 0.128 e. The normalized spacial score (nSPS) is 11.5. The molecule has 0 aliphatic carbocycles. The molecule has 2 aromatic rings. The highest BCUT2D eigenvalue weighted by atomic mass is 19.1. The topological polar surface area (TPSA) is 6.48 Å². The Morgan fingerprint density at radius 2 is 1.05 bits per heavy atom. The van der Waals surface area contributed by atoms with E-state index in [1.807, 2.05) is 50.1 Å². The highest BCUT2D eigenvalue weighted by molar-refractivity contribution is 5.71. The fourth-order valence-corrected chi connectivity index (χ4v) is 2.58. The van der Waals surface area contributed by atoms with Gasteiger partial charge in [-0.25, -0.2) is 8.78 Å². The van der Waals surface area contributed by atoms with Crippen molar-refractivity contribution in [3.63, 3.8) is 0 Å². The van der Waals surface area contributed by atoms with Gasteiger partial charge in [-0.15, -0.1) is 0 Å². The molecule has 0 saturated carbocycles. The largest absolute Gasteiger partial charge is 0.305 e. The van der Waals surface area contributed by atoms with E-state index in [0.29, 0.717) is 24.2 Å². The van der Waals surface area contributed by atoms with Crippen LogP contribution in [0.15, 0.2) is 36.4 Å². The maximum atomic E-state index is 14.3. The molecule has 22 heavy (non-hydrogen) atoms. The van der Waals surface area contributed by atoms with E-state index in [9.17, 15) is 8.78 Å². The molecule has 0 saturated heterocycles. The van der Waals surface area contributed by atoms with Crippen LogP contribution in [0.1, 0.15) is 11.1 Å². The third-order valence-electron chi connectivity index (χ3n) is 3.48. The first kappa shape index (κ1) is 16.6. The number of halogens is 2. The molecular formula is C18H22F2N2. The van der Waals surface area contributed by atoms with Gasteiger partial charge in [-0.3, -0.25) is 0 Å². The molecule has 0 heterocycles. The van der Waals surface area contributed by atoms with Crippen LogP contribution in [0.4, 0.5) is 8.78 Å². The molecule has 0 spiro atoms. The first-order valence-corrected chi connectivity index (χ1v) is 7.24. The van der Waals surface area contributed by atoms with Crippen molar-refractivity contribution in [2.45, 2.75) is 13.1 Å². The predicted molar refractivity (Wildman–Crippen MR) is 86.6 cm³/mol. The molecule has 2 rings (SSSR count). The monoisotopic (exact) mass is 304 g/mol. The van der Waals surface area contributed by atoms with Crippen molar-refractivity contribution in [2.24, 2.45) is 0 Å². The lowest BCUT2D eigenvalue weighted by Crippen LogP contribution is -2.15. The van der Waals surface area contributed by atoms with Gasteiger partial charge in [-0.2, -0.15) is 0 Å². The summed E-state index contributed by atoms with van der Waals surface area (Å²) in [6, 6.07) is 9.97. The average molecular weight is 304 g/mol. The Kier molecular flexibility index (Phi) is 5.27. The average Bonchev–Trinajstić information content (AvgIpc) is 2.43. The summed E-state index contributed by atoms with van der Waals surface area (Å²) in [5, 5.41) is 0. The van der Waals surface area contributed by atoms with E-state index >= 15 is 0 Å². The lowest BCUT2D eigenvalue weighted by molar-refractivity contribution is 0.391. The van der Waals surface area contributed by atoms with Crippen LogP contribution >= 0.6 is 0 Å². The van der Waals surface area contributed by atoms with Crippen molar-refractivity contribution in [1.29, 1.82) is 0 Å². The van der Waals surface area contributed by atoms with Gasteiger partial charge in [0, 0.05) is 24.2 Å². The minimum Gasteiger partial charge on any atom is -0.305 e. The van der Waals surface area contributed by atoms with Gasteiger partial charge in [0.15, 0.2) is 0 Å². The Hall–Kier alpha value is -1.78. The Morgan fingerprint density at radius 1 is 0.682 bits per heavy atom. The van der Waals surface area contributed by atoms with Crippen LogP contribution in [-0.2, 0) is 13.1 Å². The lowest BCUT2D eigenvalue weighted by atomic mass is 9.94. The van der Waals surface area contributed by atoms with Crippen molar-refractivity contribution in [3.8, 4) is 11.1 Å². The molecule has 118 valence electrons. The standard InChI is InChI=1S/C18H22F2N2/c1-21(2)11-15-13(7-5-9-17(15)19)14-8-6-10-18(20)16(14)12-22(3)4/h5-10H,11-12H2,1-4H3. The fraction of sp³-hybridized carbons (Fsp3) is 0.333. The molecule has 0 aliphatic heterocycles. The minimum absolute atomic E-state index is 0.258. The zero-order valence-corrected chi connectivity index (χ0v) is 13.5. The smallest absolute Gasteiger partial charge is 0.128 e. The summed E-state index contributed by atoms with van der Waals surface area (Å²) in [6.07, 6.45) is 0. The van der Waals surface area contributed by atoms with Gasteiger partial charge < -0.3 is 9.80 Å². The molecule has 0 aromatic heterocycles. The Bertz CT molecular complexity index is 594. The van der Waals surface area contributed by atoms with Crippen LogP contribution < -0.4 is 0 Å². The van der Waals surface area contributed by atoms with Crippen molar-refractivity contribution in [1.82, 2.24) is 9.80 Å². The lowest BCUT2D eigenvalue weighted by Gasteiger charge is -2.19. The number of hydrogen-bond donors (Lipinski definition) is 0. The summed E-state index contributed by atoms with van der Waals surface area (Å²) >= 11 is 0. The van der Waals surface area contributed by atoms with Crippen LogP contribution in [0.25, 0.3) is 11.1 Å². The first-order chi connectivity index (χ1) is 10.4. The number of hydrogen-bond acceptors (Lipinski definition) is 2. The van der Waals surface area contributed by atoms with Gasteiger partial charge in [0.1, 0.15) is 11.6 Å². The second kappa shape index (κ2) is 6.99.